The summed E-state index contributed by atoms with van der Waals surface area (Å²) >= 11 is 0. The van der Waals surface area contributed by atoms with Crippen LogP contribution < -0.4 is 4.74 Å². The van der Waals surface area contributed by atoms with Gasteiger partial charge < -0.3 is 28.9 Å². The highest BCUT2D eigenvalue weighted by Crippen LogP contribution is 2.26. The Bertz CT molecular complexity index is 454. The van der Waals surface area contributed by atoms with E-state index in [1.54, 1.807) is 21.3 Å². The van der Waals surface area contributed by atoms with Gasteiger partial charge in [0.15, 0.2) is 0 Å². The van der Waals surface area contributed by atoms with Gasteiger partial charge in [0.25, 0.3) is 0 Å². The molecule has 2 rings (SSSR count). The Morgan fingerprint density at radius 2 is 1.70 bits per heavy atom. The first-order chi connectivity index (χ1) is 11.2. The molecule has 130 valence electrons. The van der Waals surface area contributed by atoms with Crippen LogP contribution in [0.2, 0.25) is 0 Å². The molecule has 1 heterocycles. The third-order valence-electron chi connectivity index (χ3n) is 3.88. The quantitative estimate of drug-likeness (QED) is 0.685. The second kappa shape index (κ2) is 9.17. The first kappa shape index (κ1) is 18.1. The minimum atomic E-state index is -0.308. The van der Waals surface area contributed by atoms with Gasteiger partial charge in [0.1, 0.15) is 31.5 Å². The molecule has 0 aromatic heterocycles. The number of methoxy groups -OCH3 is 3. The van der Waals surface area contributed by atoms with Gasteiger partial charge in [-0.1, -0.05) is 12.1 Å². The molecule has 7 nitrogen and oxygen atoms in total. The minimum absolute atomic E-state index is 0.143. The fourth-order valence-corrected chi connectivity index (χ4v) is 2.73. The van der Waals surface area contributed by atoms with E-state index < -0.39 is 0 Å². The van der Waals surface area contributed by atoms with Crippen LogP contribution in [-0.4, -0.2) is 70.0 Å². The van der Waals surface area contributed by atoms with E-state index in [0.29, 0.717) is 13.0 Å². The largest absolute Gasteiger partial charge is 0.497 e. The first-order valence-corrected chi connectivity index (χ1v) is 7.49. The summed E-state index contributed by atoms with van der Waals surface area (Å²) in [5.74, 6) is 0.800. The number of rotatable bonds is 9. The highest BCUT2D eigenvalue weighted by molar-refractivity contribution is 5.28. The average Bonchev–Trinajstić information content (AvgIpc) is 2.87. The first-order valence-electron chi connectivity index (χ1n) is 7.49. The van der Waals surface area contributed by atoms with Crippen LogP contribution >= 0.6 is 0 Å². The van der Waals surface area contributed by atoms with Gasteiger partial charge in [0.05, 0.1) is 19.7 Å². The predicted octanol–water partition coefficient (Wildman–Crippen LogP) is 1.29. The summed E-state index contributed by atoms with van der Waals surface area (Å²) in [6, 6.07) is 7.53. The summed E-state index contributed by atoms with van der Waals surface area (Å²) in [4.78, 5) is 0. The number of nitrogens with zero attached hydrogens (tertiary/aromatic N) is 1. The number of ether oxygens (including phenoxy) is 5. The van der Waals surface area contributed by atoms with Gasteiger partial charge in [-0.05, 0) is 24.1 Å². The third kappa shape index (κ3) is 4.87. The van der Waals surface area contributed by atoms with E-state index in [0.717, 1.165) is 11.3 Å². The zero-order valence-electron chi connectivity index (χ0n) is 13.8. The van der Waals surface area contributed by atoms with Crippen LogP contribution in [-0.2, 0) is 25.4 Å². The van der Waals surface area contributed by atoms with Crippen molar-refractivity contribution in [3.05, 3.63) is 29.8 Å². The van der Waals surface area contributed by atoms with E-state index >= 15 is 0 Å². The van der Waals surface area contributed by atoms with E-state index in [1.807, 2.05) is 24.3 Å². The third-order valence-corrected chi connectivity index (χ3v) is 3.88. The van der Waals surface area contributed by atoms with Gasteiger partial charge in [-0.2, -0.15) is 5.06 Å². The van der Waals surface area contributed by atoms with Crippen LogP contribution in [0.4, 0.5) is 0 Å². The fourth-order valence-electron chi connectivity index (χ4n) is 2.73. The van der Waals surface area contributed by atoms with Crippen molar-refractivity contribution in [2.24, 2.45) is 0 Å². The Hall–Kier alpha value is -1.22. The summed E-state index contributed by atoms with van der Waals surface area (Å²) in [6.45, 7) is 0.656. The lowest BCUT2D eigenvalue weighted by molar-refractivity contribution is -0.152. The lowest BCUT2D eigenvalue weighted by Crippen LogP contribution is -2.39. The zero-order valence-corrected chi connectivity index (χ0v) is 13.8. The molecule has 1 fully saturated rings. The van der Waals surface area contributed by atoms with Gasteiger partial charge in [-0.15, -0.1) is 0 Å². The van der Waals surface area contributed by atoms with Gasteiger partial charge >= 0.3 is 0 Å². The number of hydrogen-bond acceptors (Lipinski definition) is 7. The molecule has 0 radical (unpaired) electrons. The SMILES string of the molecule is COCO[C@@H]1[C@@H](OCOC)CN(O)[C@@H]1Cc1ccc(OC)cc1. The van der Waals surface area contributed by atoms with Crippen molar-refractivity contribution in [3.8, 4) is 5.75 Å². The predicted molar refractivity (Wildman–Crippen MR) is 82.5 cm³/mol. The zero-order chi connectivity index (χ0) is 16.7. The molecule has 0 spiro atoms. The van der Waals surface area contributed by atoms with Crippen molar-refractivity contribution < 1.29 is 28.9 Å². The second-order valence-corrected chi connectivity index (χ2v) is 5.39. The molecule has 1 aliphatic rings. The Balaban J connectivity index is 2.05. The highest BCUT2D eigenvalue weighted by Gasteiger charge is 2.43. The minimum Gasteiger partial charge on any atom is -0.497 e. The van der Waals surface area contributed by atoms with Crippen molar-refractivity contribution in [3.63, 3.8) is 0 Å². The number of hydrogen-bond donors (Lipinski definition) is 1. The molecule has 0 unspecified atom stereocenters. The van der Waals surface area contributed by atoms with E-state index in [2.05, 4.69) is 0 Å². The molecule has 0 bridgehead atoms. The van der Waals surface area contributed by atoms with Crippen molar-refractivity contribution in [2.45, 2.75) is 24.7 Å². The Kier molecular flexibility index (Phi) is 7.22. The van der Waals surface area contributed by atoms with E-state index in [9.17, 15) is 5.21 Å². The molecule has 1 saturated heterocycles. The molecule has 1 N–H and O–H groups in total. The maximum absolute atomic E-state index is 10.3. The number of benzene rings is 1. The van der Waals surface area contributed by atoms with Gasteiger partial charge in [-0.3, -0.25) is 0 Å². The van der Waals surface area contributed by atoms with Gasteiger partial charge in [-0.25, -0.2) is 0 Å². The van der Waals surface area contributed by atoms with E-state index in [-0.39, 0.29) is 31.8 Å². The average molecular weight is 327 g/mol. The van der Waals surface area contributed by atoms with Crippen molar-refractivity contribution in [1.29, 1.82) is 0 Å². The van der Waals surface area contributed by atoms with Crippen LogP contribution in [0.15, 0.2) is 24.3 Å². The molecule has 0 aliphatic carbocycles. The Morgan fingerprint density at radius 3 is 2.30 bits per heavy atom. The molecular weight excluding hydrogens is 302 g/mol. The molecule has 1 aliphatic heterocycles. The molecule has 3 atom stereocenters. The Labute approximate surface area is 136 Å². The summed E-state index contributed by atoms with van der Waals surface area (Å²) in [5, 5.41) is 11.5. The molecule has 7 heteroatoms. The van der Waals surface area contributed by atoms with Crippen molar-refractivity contribution in [2.75, 3.05) is 41.5 Å². The molecular formula is C16H25NO6. The maximum atomic E-state index is 10.3. The summed E-state index contributed by atoms with van der Waals surface area (Å²) in [7, 11) is 4.76. The molecule has 0 amide bonds. The van der Waals surface area contributed by atoms with Crippen LogP contribution in [0.1, 0.15) is 5.56 Å². The maximum Gasteiger partial charge on any atom is 0.146 e. The normalized spacial score (nSPS) is 25.0. The van der Waals surface area contributed by atoms with E-state index in [1.165, 1.54) is 5.06 Å². The fraction of sp³-hybridized carbons (Fsp3) is 0.625. The van der Waals surface area contributed by atoms with Crippen LogP contribution in [0.5, 0.6) is 5.75 Å². The van der Waals surface area contributed by atoms with E-state index in [4.69, 9.17) is 23.7 Å². The topological polar surface area (TPSA) is 69.6 Å². The standard InChI is InChI=1S/C16H25NO6/c1-19-10-22-15-9-17(18)14(16(15)23-11-20-2)8-12-4-6-13(21-3)7-5-12/h4-7,14-16,18H,8-11H2,1-3H3/t14-,15+,16+/m1/s1. The van der Waals surface area contributed by atoms with Crippen LogP contribution in [0.25, 0.3) is 0 Å². The van der Waals surface area contributed by atoms with Crippen LogP contribution in [0, 0.1) is 0 Å². The number of hydroxylamine groups is 2. The molecule has 1 aromatic rings. The van der Waals surface area contributed by atoms with Crippen molar-refractivity contribution in [1.82, 2.24) is 5.06 Å². The Morgan fingerprint density at radius 1 is 1.04 bits per heavy atom. The van der Waals surface area contributed by atoms with Crippen LogP contribution in [0.3, 0.4) is 0 Å². The molecule has 23 heavy (non-hydrogen) atoms. The lowest BCUT2D eigenvalue weighted by Gasteiger charge is -2.25. The summed E-state index contributed by atoms with van der Waals surface area (Å²) in [6.07, 6.45) is 0.0393. The lowest BCUT2D eigenvalue weighted by atomic mass is 10.0. The van der Waals surface area contributed by atoms with Gasteiger partial charge in [0.2, 0.25) is 0 Å². The van der Waals surface area contributed by atoms with Gasteiger partial charge in [0, 0.05) is 14.2 Å². The second-order valence-electron chi connectivity index (χ2n) is 5.39. The smallest absolute Gasteiger partial charge is 0.146 e. The summed E-state index contributed by atoms with van der Waals surface area (Å²) < 4.78 is 26.4. The highest BCUT2D eigenvalue weighted by atomic mass is 16.7. The molecule has 1 aromatic carbocycles. The summed E-state index contributed by atoms with van der Waals surface area (Å²) in [5.41, 5.74) is 1.08. The van der Waals surface area contributed by atoms with Crippen molar-refractivity contribution >= 4 is 0 Å². The molecule has 0 saturated carbocycles. The monoisotopic (exact) mass is 327 g/mol.